The normalized spacial score (nSPS) is 10.2. The van der Waals surface area contributed by atoms with Gasteiger partial charge in [0.1, 0.15) is 6.33 Å². The maximum atomic E-state index is 13.4. The second-order valence-electron chi connectivity index (χ2n) is 3.17. The Kier molecular flexibility index (Phi) is 3.14. The molecular formula is C11H8BrFN2O. The van der Waals surface area contributed by atoms with Gasteiger partial charge >= 0.3 is 0 Å². The fourth-order valence-electron chi connectivity index (χ4n) is 1.15. The molecule has 1 aromatic heterocycles. The van der Waals surface area contributed by atoms with Crippen LogP contribution < -0.4 is 4.74 Å². The van der Waals surface area contributed by atoms with Crippen LogP contribution in [0.15, 0.2) is 35.1 Å². The summed E-state index contributed by atoms with van der Waals surface area (Å²) in [7, 11) is 0. The van der Waals surface area contributed by atoms with E-state index in [4.69, 9.17) is 4.74 Å². The van der Waals surface area contributed by atoms with E-state index in [-0.39, 0.29) is 5.75 Å². The first-order chi connectivity index (χ1) is 7.65. The van der Waals surface area contributed by atoms with Crippen LogP contribution in [0.3, 0.4) is 0 Å². The average molecular weight is 283 g/mol. The number of ether oxygens (including phenoxy) is 1. The minimum atomic E-state index is -0.431. The lowest BCUT2D eigenvalue weighted by Crippen LogP contribution is -1.92. The Labute approximate surface area is 100 Å². The van der Waals surface area contributed by atoms with Gasteiger partial charge in [-0.25, -0.2) is 14.4 Å². The highest BCUT2D eigenvalue weighted by Gasteiger charge is 2.06. The first-order valence-electron chi connectivity index (χ1n) is 4.57. The Hall–Kier alpha value is -1.49. The smallest absolute Gasteiger partial charge is 0.222 e. The Morgan fingerprint density at radius 1 is 1.25 bits per heavy atom. The minimum absolute atomic E-state index is 0.132. The second kappa shape index (κ2) is 4.57. The van der Waals surface area contributed by atoms with E-state index in [0.29, 0.717) is 5.88 Å². The van der Waals surface area contributed by atoms with Crippen molar-refractivity contribution >= 4 is 15.9 Å². The maximum Gasteiger partial charge on any atom is 0.222 e. The summed E-state index contributed by atoms with van der Waals surface area (Å²) < 4.78 is 19.4. The molecule has 0 aliphatic carbocycles. The molecule has 5 heteroatoms. The number of halogens is 2. The van der Waals surface area contributed by atoms with Crippen molar-refractivity contribution in [2.45, 2.75) is 6.92 Å². The molecule has 1 aromatic carbocycles. The van der Waals surface area contributed by atoms with Crippen LogP contribution >= 0.6 is 15.9 Å². The third-order valence-corrected chi connectivity index (χ3v) is 2.38. The van der Waals surface area contributed by atoms with Crippen molar-refractivity contribution < 1.29 is 9.13 Å². The molecule has 0 atom stereocenters. The number of hydrogen-bond acceptors (Lipinski definition) is 3. The third-order valence-electron chi connectivity index (χ3n) is 1.89. The average Bonchev–Trinajstić information content (AvgIpc) is 2.24. The Morgan fingerprint density at radius 3 is 2.81 bits per heavy atom. The number of nitrogens with zero attached hydrogens (tertiary/aromatic N) is 2. The van der Waals surface area contributed by atoms with E-state index in [1.165, 1.54) is 12.4 Å². The molecule has 0 bridgehead atoms. The molecule has 0 aliphatic rings. The monoisotopic (exact) mass is 282 g/mol. The van der Waals surface area contributed by atoms with Crippen LogP contribution in [0.1, 0.15) is 5.69 Å². The summed E-state index contributed by atoms with van der Waals surface area (Å²) in [4.78, 5) is 7.82. The molecule has 2 aromatic rings. The summed E-state index contributed by atoms with van der Waals surface area (Å²) in [5.74, 6) is 0.0245. The molecule has 0 N–H and O–H groups in total. The molecular weight excluding hydrogens is 275 g/mol. The van der Waals surface area contributed by atoms with Crippen LogP contribution in [0, 0.1) is 12.7 Å². The number of hydrogen-bond donors (Lipinski definition) is 0. The van der Waals surface area contributed by atoms with Crippen molar-refractivity contribution in [1.29, 1.82) is 0 Å². The van der Waals surface area contributed by atoms with Crippen molar-refractivity contribution in [2.75, 3.05) is 0 Å². The Bertz CT molecular complexity index is 519. The number of rotatable bonds is 2. The van der Waals surface area contributed by atoms with Gasteiger partial charge in [-0.3, -0.25) is 0 Å². The molecule has 16 heavy (non-hydrogen) atoms. The van der Waals surface area contributed by atoms with Gasteiger partial charge < -0.3 is 4.74 Å². The van der Waals surface area contributed by atoms with Gasteiger partial charge in [0.25, 0.3) is 0 Å². The number of benzene rings is 1. The Balaban J connectivity index is 2.30. The highest BCUT2D eigenvalue weighted by atomic mass is 79.9. The summed E-state index contributed by atoms with van der Waals surface area (Å²) in [5.41, 5.74) is 0.764. The quantitative estimate of drug-likeness (QED) is 0.846. The van der Waals surface area contributed by atoms with Crippen molar-refractivity contribution in [3.63, 3.8) is 0 Å². The standard InChI is InChI=1S/C11H8BrFN2O/c1-7-4-11(15-6-14-7)16-10-5-8(12)2-3-9(10)13/h2-6H,1H3. The van der Waals surface area contributed by atoms with Gasteiger partial charge in [-0.05, 0) is 25.1 Å². The predicted molar refractivity (Wildman–Crippen MR) is 60.9 cm³/mol. The van der Waals surface area contributed by atoms with E-state index < -0.39 is 5.82 Å². The van der Waals surface area contributed by atoms with Gasteiger partial charge in [-0.2, -0.15) is 0 Å². The lowest BCUT2D eigenvalue weighted by molar-refractivity contribution is 0.425. The number of aryl methyl sites for hydroxylation is 1. The molecule has 3 nitrogen and oxygen atoms in total. The third kappa shape index (κ3) is 2.55. The molecule has 0 saturated carbocycles. The van der Waals surface area contributed by atoms with Crippen LogP contribution in [0.5, 0.6) is 11.6 Å². The van der Waals surface area contributed by atoms with E-state index in [0.717, 1.165) is 10.2 Å². The number of aromatic nitrogens is 2. The SMILES string of the molecule is Cc1cc(Oc2cc(Br)ccc2F)ncn1. The molecule has 1 heterocycles. The summed E-state index contributed by atoms with van der Waals surface area (Å²) in [5, 5.41) is 0. The minimum Gasteiger partial charge on any atom is -0.436 e. The molecule has 2 rings (SSSR count). The van der Waals surface area contributed by atoms with Gasteiger partial charge in [0, 0.05) is 16.2 Å². The van der Waals surface area contributed by atoms with E-state index in [9.17, 15) is 4.39 Å². The molecule has 0 aliphatic heterocycles. The molecule has 0 unspecified atom stereocenters. The van der Waals surface area contributed by atoms with Gasteiger partial charge in [0.2, 0.25) is 5.88 Å². The van der Waals surface area contributed by atoms with Gasteiger partial charge in [0.05, 0.1) is 0 Å². The zero-order valence-electron chi connectivity index (χ0n) is 8.45. The summed E-state index contributed by atoms with van der Waals surface area (Å²) in [6.45, 7) is 1.81. The van der Waals surface area contributed by atoms with Crippen LogP contribution in [-0.4, -0.2) is 9.97 Å². The van der Waals surface area contributed by atoms with E-state index in [1.54, 1.807) is 18.2 Å². The van der Waals surface area contributed by atoms with E-state index in [1.807, 2.05) is 6.92 Å². The van der Waals surface area contributed by atoms with Crippen LogP contribution in [0.2, 0.25) is 0 Å². The predicted octanol–water partition coefficient (Wildman–Crippen LogP) is 3.48. The fraction of sp³-hybridized carbons (Fsp3) is 0.0909. The topological polar surface area (TPSA) is 35.0 Å². The van der Waals surface area contributed by atoms with Gasteiger partial charge in [-0.15, -0.1) is 0 Å². The van der Waals surface area contributed by atoms with Gasteiger partial charge in [0.15, 0.2) is 11.6 Å². The molecule has 82 valence electrons. The fourth-order valence-corrected chi connectivity index (χ4v) is 1.49. The van der Waals surface area contributed by atoms with Crippen LogP contribution in [0.25, 0.3) is 0 Å². The van der Waals surface area contributed by atoms with Crippen molar-refractivity contribution in [2.24, 2.45) is 0 Å². The highest BCUT2D eigenvalue weighted by molar-refractivity contribution is 9.10. The summed E-state index contributed by atoms with van der Waals surface area (Å²) >= 11 is 3.24. The summed E-state index contributed by atoms with van der Waals surface area (Å²) in [6, 6.07) is 6.12. The molecule has 0 radical (unpaired) electrons. The summed E-state index contributed by atoms with van der Waals surface area (Å²) in [6.07, 6.45) is 1.38. The van der Waals surface area contributed by atoms with Crippen molar-refractivity contribution in [3.8, 4) is 11.6 Å². The van der Waals surface area contributed by atoms with Crippen molar-refractivity contribution in [3.05, 3.63) is 46.6 Å². The maximum absolute atomic E-state index is 13.4. The second-order valence-corrected chi connectivity index (χ2v) is 4.09. The molecule has 0 spiro atoms. The highest BCUT2D eigenvalue weighted by Crippen LogP contribution is 2.26. The Morgan fingerprint density at radius 2 is 2.06 bits per heavy atom. The largest absolute Gasteiger partial charge is 0.436 e. The van der Waals surface area contributed by atoms with E-state index in [2.05, 4.69) is 25.9 Å². The van der Waals surface area contributed by atoms with Gasteiger partial charge in [-0.1, -0.05) is 15.9 Å². The first kappa shape index (κ1) is 11.0. The van der Waals surface area contributed by atoms with Crippen molar-refractivity contribution in [1.82, 2.24) is 9.97 Å². The lowest BCUT2D eigenvalue weighted by atomic mass is 10.3. The first-order valence-corrected chi connectivity index (χ1v) is 5.36. The zero-order chi connectivity index (χ0) is 11.5. The van der Waals surface area contributed by atoms with Crippen LogP contribution in [-0.2, 0) is 0 Å². The molecule has 0 fully saturated rings. The van der Waals surface area contributed by atoms with Crippen LogP contribution in [0.4, 0.5) is 4.39 Å². The zero-order valence-corrected chi connectivity index (χ0v) is 10.0. The molecule has 0 saturated heterocycles. The lowest BCUT2D eigenvalue weighted by Gasteiger charge is -2.06. The molecule has 0 amide bonds. The van der Waals surface area contributed by atoms with E-state index >= 15 is 0 Å².